The largest absolute Gasteiger partial charge is 0.390 e. The minimum Gasteiger partial charge on any atom is -0.390 e. The van der Waals surface area contributed by atoms with Crippen LogP contribution < -0.4 is 5.48 Å². The third-order valence-electron chi connectivity index (χ3n) is 6.16. The van der Waals surface area contributed by atoms with Gasteiger partial charge in [-0.05, 0) is 56.0 Å². The molecule has 1 unspecified atom stereocenters. The number of rotatable bonds is 8. The molecule has 3 N–H and O–H groups in total. The molecule has 35 heavy (non-hydrogen) atoms. The zero-order chi connectivity index (χ0) is 25.1. The number of anilines is 1. The van der Waals surface area contributed by atoms with E-state index in [0.29, 0.717) is 22.3 Å². The predicted molar refractivity (Wildman–Crippen MR) is 126 cm³/mol. The fourth-order valence-electron chi connectivity index (χ4n) is 4.15. The predicted octanol–water partition coefficient (Wildman–Crippen LogP) is 5.03. The van der Waals surface area contributed by atoms with E-state index in [1.165, 1.54) is 11.3 Å². The number of aliphatic hydroxyl groups is 2. The van der Waals surface area contributed by atoms with Crippen molar-refractivity contribution in [3.63, 3.8) is 0 Å². The number of nitrogens with one attached hydrogen (secondary N) is 1. The number of carbonyl (C=O) groups excluding carboxylic acids is 1. The van der Waals surface area contributed by atoms with Gasteiger partial charge < -0.3 is 15.1 Å². The maximum atomic E-state index is 12.8. The van der Waals surface area contributed by atoms with E-state index in [1.807, 2.05) is 12.1 Å². The van der Waals surface area contributed by atoms with Crippen molar-refractivity contribution < 1.29 is 33.0 Å². The number of benzene rings is 2. The summed E-state index contributed by atoms with van der Waals surface area (Å²) in [4.78, 5) is 24.0. The first kappa shape index (κ1) is 25.4. The molecule has 1 saturated heterocycles. The van der Waals surface area contributed by atoms with E-state index < -0.39 is 24.5 Å². The van der Waals surface area contributed by atoms with Gasteiger partial charge >= 0.3 is 6.18 Å². The smallest absolute Gasteiger partial charge is 0.389 e. The van der Waals surface area contributed by atoms with Crippen LogP contribution in [0.1, 0.15) is 54.3 Å². The monoisotopic (exact) mass is 509 g/mol. The number of thiazole rings is 1. The minimum atomic E-state index is -4.23. The molecule has 0 spiro atoms. The summed E-state index contributed by atoms with van der Waals surface area (Å²) in [5.41, 5.74) is 5.37. The Balaban J connectivity index is 1.27. The third-order valence-corrected chi connectivity index (χ3v) is 6.96. The minimum absolute atomic E-state index is 0.0672. The summed E-state index contributed by atoms with van der Waals surface area (Å²) < 4.78 is 38.0. The molecule has 7 nitrogen and oxygen atoms in total. The van der Waals surface area contributed by atoms with Crippen molar-refractivity contribution in [2.24, 2.45) is 0 Å². The average molecular weight is 510 g/mol. The molecule has 0 bridgehead atoms. The molecule has 0 saturated carbocycles. The van der Waals surface area contributed by atoms with Crippen LogP contribution in [0.5, 0.6) is 0 Å². The fourth-order valence-corrected chi connectivity index (χ4v) is 4.86. The van der Waals surface area contributed by atoms with Gasteiger partial charge in [-0.3, -0.25) is 10.3 Å². The number of hydrogen-bond acceptors (Lipinski definition) is 7. The van der Waals surface area contributed by atoms with Crippen LogP contribution >= 0.6 is 11.3 Å². The van der Waals surface area contributed by atoms with Crippen molar-refractivity contribution in [3.05, 3.63) is 59.1 Å². The Morgan fingerprint density at radius 3 is 2.60 bits per heavy atom. The lowest BCUT2D eigenvalue weighted by Crippen LogP contribution is -2.46. The zero-order valence-electron chi connectivity index (χ0n) is 18.8. The van der Waals surface area contributed by atoms with Gasteiger partial charge in [0.25, 0.3) is 5.91 Å². The Kier molecular flexibility index (Phi) is 7.60. The van der Waals surface area contributed by atoms with Gasteiger partial charge in [-0.25, -0.2) is 9.82 Å². The molecular formula is C24H26F3N3O4S. The van der Waals surface area contributed by atoms with E-state index in [9.17, 15) is 28.2 Å². The van der Waals surface area contributed by atoms with Gasteiger partial charge in [-0.2, -0.15) is 13.2 Å². The van der Waals surface area contributed by atoms with Crippen molar-refractivity contribution in [1.29, 1.82) is 0 Å². The number of aliphatic hydroxyl groups excluding tert-OH is 1. The van der Waals surface area contributed by atoms with E-state index in [-0.39, 0.29) is 44.7 Å². The molecule has 11 heteroatoms. The van der Waals surface area contributed by atoms with Crippen LogP contribution in [-0.4, -0.2) is 50.9 Å². The lowest BCUT2D eigenvalue weighted by molar-refractivity contribution is -0.138. The number of hydrogen-bond donors (Lipinski definition) is 3. The Morgan fingerprint density at radius 1 is 1.20 bits per heavy atom. The average Bonchev–Trinajstić information content (AvgIpc) is 3.31. The van der Waals surface area contributed by atoms with Crippen LogP contribution in [0.25, 0.3) is 10.2 Å². The molecule has 1 aliphatic heterocycles. The van der Waals surface area contributed by atoms with Crippen LogP contribution in [0.15, 0.2) is 48.0 Å². The van der Waals surface area contributed by atoms with Crippen LogP contribution in [0.3, 0.4) is 0 Å². The molecule has 1 atom stereocenters. The Labute approximate surface area is 204 Å². The first-order valence-corrected chi connectivity index (χ1v) is 12.1. The second-order valence-electron chi connectivity index (χ2n) is 8.68. The van der Waals surface area contributed by atoms with Crippen molar-refractivity contribution in [2.75, 3.05) is 18.6 Å². The highest BCUT2D eigenvalue weighted by Crippen LogP contribution is 2.31. The van der Waals surface area contributed by atoms with E-state index in [2.05, 4.69) is 10.5 Å². The number of para-hydroxylation sites is 1. The van der Waals surface area contributed by atoms with Gasteiger partial charge in [0, 0.05) is 30.6 Å². The molecule has 1 amide bonds. The van der Waals surface area contributed by atoms with Gasteiger partial charge in [0.05, 0.1) is 27.0 Å². The molecule has 0 aliphatic carbocycles. The number of amides is 1. The van der Waals surface area contributed by atoms with Crippen LogP contribution in [0, 0.1) is 0 Å². The van der Waals surface area contributed by atoms with E-state index in [1.54, 1.807) is 40.7 Å². The normalized spacial score (nSPS) is 16.9. The first-order chi connectivity index (χ1) is 16.6. The molecule has 2 aromatic carbocycles. The number of piperidine rings is 1. The van der Waals surface area contributed by atoms with Gasteiger partial charge in [0.1, 0.15) is 0 Å². The molecule has 1 aliphatic rings. The summed E-state index contributed by atoms with van der Waals surface area (Å²) in [6, 6.07) is 12.0. The lowest BCUT2D eigenvalue weighted by atomic mass is 9.86. The molecule has 2 heterocycles. The Bertz CT molecular complexity index is 1140. The maximum absolute atomic E-state index is 12.8. The quantitative estimate of drug-likeness (QED) is 0.291. The Morgan fingerprint density at radius 2 is 1.91 bits per heavy atom. The molecule has 188 valence electrons. The third kappa shape index (κ3) is 6.49. The van der Waals surface area contributed by atoms with Crippen LogP contribution in [0.2, 0.25) is 0 Å². The summed E-state index contributed by atoms with van der Waals surface area (Å²) in [7, 11) is 0. The molecular weight excluding hydrogens is 483 g/mol. The first-order valence-electron chi connectivity index (χ1n) is 11.2. The number of likely N-dealkylation sites (tertiary alicyclic amines) is 1. The van der Waals surface area contributed by atoms with Gasteiger partial charge in [0.15, 0.2) is 0 Å². The van der Waals surface area contributed by atoms with E-state index >= 15 is 0 Å². The molecule has 1 aromatic heterocycles. The number of nitrogens with zero attached hydrogens (tertiary/aromatic N) is 2. The highest BCUT2D eigenvalue weighted by atomic mass is 32.1. The maximum Gasteiger partial charge on any atom is 0.389 e. The number of halogens is 3. The molecule has 3 aromatic rings. The molecule has 4 rings (SSSR count). The molecule has 1 fully saturated rings. The summed E-state index contributed by atoms with van der Waals surface area (Å²) in [6.45, 7) is 0.553. The summed E-state index contributed by atoms with van der Waals surface area (Å²) in [6.07, 6.45) is -5.96. The van der Waals surface area contributed by atoms with Crippen molar-refractivity contribution in [2.45, 2.75) is 50.2 Å². The number of alkyl halides is 3. The van der Waals surface area contributed by atoms with Gasteiger partial charge in [-0.1, -0.05) is 12.1 Å². The summed E-state index contributed by atoms with van der Waals surface area (Å²) in [5, 5.41) is 20.9. The lowest BCUT2D eigenvalue weighted by Gasteiger charge is -2.38. The molecule has 0 radical (unpaired) electrons. The van der Waals surface area contributed by atoms with Crippen LogP contribution in [0.4, 0.5) is 18.9 Å². The van der Waals surface area contributed by atoms with Crippen molar-refractivity contribution in [1.82, 2.24) is 9.88 Å². The SMILES string of the molecule is O=C(c1ccc(NOC(O)c2cccc3scnc23)cc1)N1CCC(O)(CCCC(F)(F)F)CC1. The van der Waals surface area contributed by atoms with Crippen LogP contribution in [-0.2, 0) is 4.84 Å². The van der Waals surface area contributed by atoms with E-state index in [0.717, 1.165) is 4.70 Å². The van der Waals surface area contributed by atoms with Gasteiger partial charge in [0.2, 0.25) is 6.29 Å². The van der Waals surface area contributed by atoms with E-state index in [4.69, 9.17) is 4.84 Å². The summed E-state index contributed by atoms with van der Waals surface area (Å²) >= 11 is 1.46. The Hall–Kier alpha value is -2.73. The fraction of sp³-hybridized carbons (Fsp3) is 0.417. The number of fused-ring (bicyclic) bond motifs is 1. The second-order valence-corrected chi connectivity index (χ2v) is 9.57. The van der Waals surface area contributed by atoms with Crippen molar-refractivity contribution in [3.8, 4) is 0 Å². The summed E-state index contributed by atoms with van der Waals surface area (Å²) in [5.74, 6) is -0.218. The van der Waals surface area contributed by atoms with Crippen molar-refractivity contribution >= 4 is 33.1 Å². The number of aromatic nitrogens is 1. The zero-order valence-corrected chi connectivity index (χ0v) is 19.6. The highest BCUT2D eigenvalue weighted by molar-refractivity contribution is 7.16. The standard InChI is InChI=1S/C24H26F3N3O4S/c25-24(26,27)10-2-9-23(33)11-13-30(14-12-23)21(31)16-5-7-17(8-6-16)29-34-22(32)18-3-1-4-19-20(18)28-15-35-19/h1,3-8,15,22,29,32-33H,2,9-14H2. The van der Waals surface area contributed by atoms with Gasteiger partial charge in [-0.15, -0.1) is 11.3 Å². The second kappa shape index (κ2) is 10.5. The topological polar surface area (TPSA) is 94.9 Å². The number of carbonyl (C=O) groups is 1. The highest BCUT2D eigenvalue weighted by Gasteiger charge is 2.35.